The molecule has 108 valence electrons. The minimum atomic E-state index is -3.93. The summed E-state index contributed by atoms with van der Waals surface area (Å²) in [4.78, 5) is 11.1. The van der Waals surface area contributed by atoms with Crippen molar-refractivity contribution < 1.29 is 36.6 Å². The standard InChI is InChI=1S/C11H7F4NO4/c12-10(13)4-18-9(17)16-8(10)5-2-1-3-6-7(5)20-11(14,15)19-6/h1-3,8H,4H2,(H,16,17)/t8-/m1/s1. The van der Waals surface area contributed by atoms with Gasteiger partial charge in [-0.1, -0.05) is 12.1 Å². The van der Waals surface area contributed by atoms with Gasteiger partial charge in [0.05, 0.1) is 0 Å². The number of hydrogen-bond donors (Lipinski definition) is 1. The lowest BCUT2D eigenvalue weighted by atomic mass is 9.99. The molecule has 1 N–H and O–H groups in total. The molecule has 1 aromatic rings. The summed E-state index contributed by atoms with van der Waals surface area (Å²) in [6.45, 7) is -1.15. The molecule has 2 aliphatic rings. The minimum absolute atomic E-state index is 0.304. The zero-order valence-electron chi connectivity index (χ0n) is 9.66. The molecule has 2 heterocycles. The number of rotatable bonds is 1. The van der Waals surface area contributed by atoms with Gasteiger partial charge in [-0.3, -0.25) is 0 Å². The van der Waals surface area contributed by atoms with Gasteiger partial charge in [0.1, 0.15) is 6.04 Å². The number of carbonyl (C=O) groups is 1. The van der Waals surface area contributed by atoms with Gasteiger partial charge in [0, 0.05) is 5.56 Å². The largest absolute Gasteiger partial charge is 0.586 e. The predicted molar refractivity (Wildman–Crippen MR) is 54.8 cm³/mol. The van der Waals surface area contributed by atoms with Crippen LogP contribution < -0.4 is 14.8 Å². The van der Waals surface area contributed by atoms with Crippen molar-refractivity contribution in [2.24, 2.45) is 0 Å². The van der Waals surface area contributed by atoms with E-state index >= 15 is 0 Å². The first kappa shape index (κ1) is 12.8. The van der Waals surface area contributed by atoms with Crippen LogP contribution in [0, 0.1) is 0 Å². The van der Waals surface area contributed by atoms with Crippen LogP contribution in [0.15, 0.2) is 18.2 Å². The van der Waals surface area contributed by atoms with E-state index in [1.807, 2.05) is 5.32 Å². The highest BCUT2D eigenvalue weighted by Crippen LogP contribution is 2.48. The summed E-state index contributed by atoms with van der Waals surface area (Å²) >= 11 is 0. The van der Waals surface area contributed by atoms with Gasteiger partial charge >= 0.3 is 18.3 Å². The van der Waals surface area contributed by atoms with Gasteiger partial charge in [-0.25, -0.2) is 13.6 Å². The van der Waals surface area contributed by atoms with Crippen molar-refractivity contribution in [3.05, 3.63) is 23.8 Å². The Kier molecular flexibility index (Phi) is 2.50. The fourth-order valence-electron chi connectivity index (χ4n) is 2.03. The van der Waals surface area contributed by atoms with Gasteiger partial charge in [-0.05, 0) is 6.07 Å². The number of fused-ring (bicyclic) bond motifs is 1. The van der Waals surface area contributed by atoms with Crippen LogP contribution in [0.4, 0.5) is 22.4 Å². The summed E-state index contributed by atoms with van der Waals surface area (Å²) in [5.41, 5.74) is -0.304. The fourth-order valence-corrected chi connectivity index (χ4v) is 2.03. The Morgan fingerprint density at radius 2 is 1.95 bits per heavy atom. The first-order valence-electron chi connectivity index (χ1n) is 5.48. The number of para-hydroxylation sites is 1. The molecule has 0 aromatic heterocycles. The van der Waals surface area contributed by atoms with Gasteiger partial charge in [0.25, 0.3) is 0 Å². The molecule has 0 aliphatic carbocycles. The van der Waals surface area contributed by atoms with E-state index in [1.54, 1.807) is 0 Å². The molecule has 9 heteroatoms. The number of nitrogens with one attached hydrogen (secondary N) is 1. The Morgan fingerprint density at radius 3 is 2.70 bits per heavy atom. The zero-order valence-corrected chi connectivity index (χ0v) is 9.66. The molecule has 0 spiro atoms. The summed E-state index contributed by atoms with van der Waals surface area (Å²) < 4.78 is 66.1. The summed E-state index contributed by atoms with van der Waals surface area (Å²) in [5.74, 6) is -4.36. The number of benzene rings is 1. The van der Waals surface area contributed by atoms with Crippen molar-refractivity contribution in [2.75, 3.05) is 6.61 Å². The Hall–Kier alpha value is -2.19. The molecule has 1 saturated heterocycles. The number of ether oxygens (including phenoxy) is 3. The molecule has 20 heavy (non-hydrogen) atoms. The van der Waals surface area contributed by atoms with Crippen LogP contribution in [0.3, 0.4) is 0 Å². The van der Waals surface area contributed by atoms with E-state index in [0.29, 0.717) is 0 Å². The first-order chi connectivity index (χ1) is 9.28. The van der Waals surface area contributed by atoms with Crippen LogP contribution >= 0.6 is 0 Å². The first-order valence-corrected chi connectivity index (χ1v) is 5.48. The normalized spacial score (nSPS) is 25.8. The molecular formula is C11H7F4NO4. The van der Waals surface area contributed by atoms with Crippen LogP contribution in [0.1, 0.15) is 11.6 Å². The lowest BCUT2D eigenvalue weighted by Crippen LogP contribution is -2.49. The second-order valence-corrected chi connectivity index (χ2v) is 4.26. The second kappa shape index (κ2) is 3.90. The van der Waals surface area contributed by atoms with E-state index in [2.05, 4.69) is 14.2 Å². The average Bonchev–Trinajstić information content (AvgIpc) is 2.66. The SMILES string of the molecule is O=C1N[C@H](c2cccc3c2OC(F)(F)O3)C(F)(F)CO1. The van der Waals surface area contributed by atoms with Crippen molar-refractivity contribution in [3.8, 4) is 11.5 Å². The smallest absolute Gasteiger partial charge is 0.443 e. The molecule has 3 rings (SSSR count). The predicted octanol–water partition coefficient (Wildman–Crippen LogP) is 2.42. The van der Waals surface area contributed by atoms with Gasteiger partial charge in [-0.15, -0.1) is 8.78 Å². The fraction of sp³-hybridized carbons (Fsp3) is 0.364. The number of alkyl halides is 4. The summed E-state index contributed by atoms with van der Waals surface area (Å²) in [6.07, 6.45) is -4.99. The molecule has 5 nitrogen and oxygen atoms in total. The average molecular weight is 293 g/mol. The van der Waals surface area contributed by atoms with Crippen LogP contribution in [-0.2, 0) is 4.74 Å². The molecule has 0 unspecified atom stereocenters. The van der Waals surface area contributed by atoms with E-state index in [1.165, 1.54) is 6.07 Å². The summed E-state index contributed by atoms with van der Waals surface area (Å²) in [6, 6.07) is 1.71. The van der Waals surface area contributed by atoms with Gasteiger partial charge in [0.15, 0.2) is 18.1 Å². The highest BCUT2D eigenvalue weighted by molar-refractivity contribution is 5.70. The quantitative estimate of drug-likeness (QED) is 0.808. The Bertz CT molecular complexity index is 578. The number of hydrogen-bond acceptors (Lipinski definition) is 4. The lowest BCUT2D eigenvalue weighted by Gasteiger charge is -2.32. The third-order valence-corrected chi connectivity index (χ3v) is 2.85. The van der Waals surface area contributed by atoms with Crippen LogP contribution in [-0.4, -0.2) is 24.9 Å². The number of amides is 1. The van der Waals surface area contributed by atoms with Crippen molar-refractivity contribution in [1.29, 1.82) is 0 Å². The maximum absolute atomic E-state index is 13.8. The van der Waals surface area contributed by atoms with E-state index < -0.39 is 36.7 Å². The van der Waals surface area contributed by atoms with E-state index in [4.69, 9.17) is 0 Å². The number of alkyl carbamates (subject to hydrolysis) is 1. The van der Waals surface area contributed by atoms with E-state index in [-0.39, 0.29) is 11.3 Å². The zero-order chi connectivity index (χ0) is 14.5. The second-order valence-electron chi connectivity index (χ2n) is 4.26. The number of cyclic esters (lactones) is 1. The maximum Gasteiger partial charge on any atom is 0.586 e. The van der Waals surface area contributed by atoms with Gasteiger partial charge < -0.3 is 19.5 Å². The third-order valence-electron chi connectivity index (χ3n) is 2.85. The van der Waals surface area contributed by atoms with Crippen molar-refractivity contribution in [1.82, 2.24) is 5.32 Å². The molecule has 2 aliphatic heterocycles. The molecule has 0 saturated carbocycles. The Morgan fingerprint density at radius 1 is 1.20 bits per heavy atom. The van der Waals surface area contributed by atoms with Gasteiger partial charge in [0.2, 0.25) is 0 Å². The molecule has 1 fully saturated rings. The molecule has 0 radical (unpaired) electrons. The number of carbonyl (C=O) groups excluding carboxylic acids is 1. The molecule has 1 amide bonds. The monoisotopic (exact) mass is 293 g/mol. The van der Waals surface area contributed by atoms with Crippen LogP contribution in [0.2, 0.25) is 0 Å². The summed E-state index contributed by atoms with van der Waals surface area (Å²) in [5, 5.41) is 1.89. The molecule has 1 aromatic carbocycles. The summed E-state index contributed by atoms with van der Waals surface area (Å²) in [7, 11) is 0. The molecular weight excluding hydrogens is 286 g/mol. The number of halogens is 4. The minimum Gasteiger partial charge on any atom is -0.443 e. The van der Waals surface area contributed by atoms with Gasteiger partial charge in [-0.2, -0.15) is 0 Å². The van der Waals surface area contributed by atoms with Crippen LogP contribution in [0.25, 0.3) is 0 Å². The van der Waals surface area contributed by atoms with E-state index in [9.17, 15) is 22.4 Å². The Labute approximate surface area is 109 Å². The lowest BCUT2D eigenvalue weighted by molar-refractivity contribution is -0.287. The molecule has 0 bridgehead atoms. The van der Waals surface area contributed by atoms with E-state index in [0.717, 1.165) is 12.1 Å². The third kappa shape index (κ3) is 1.98. The highest BCUT2D eigenvalue weighted by atomic mass is 19.3. The van der Waals surface area contributed by atoms with Crippen LogP contribution in [0.5, 0.6) is 11.5 Å². The molecule has 1 atom stereocenters. The van der Waals surface area contributed by atoms with Crippen molar-refractivity contribution in [2.45, 2.75) is 18.3 Å². The highest BCUT2D eigenvalue weighted by Gasteiger charge is 2.51. The maximum atomic E-state index is 13.8. The Balaban J connectivity index is 2.03. The van der Waals surface area contributed by atoms with Crippen molar-refractivity contribution in [3.63, 3.8) is 0 Å². The van der Waals surface area contributed by atoms with Crippen molar-refractivity contribution >= 4 is 6.09 Å². The topological polar surface area (TPSA) is 56.8 Å².